The normalized spacial score (nSPS) is 23.3. The van der Waals surface area contributed by atoms with Gasteiger partial charge in [0.25, 0.3) is 0 Å². The highest BCUT2D eigenvalue weighted by atomic mass is 31.2. The van der Waals surface area contributed by atoms with Crippen LogP contribution in [0.3, 0.4) is 0 Å². The molecule has 0 aliphatic heterocycles. The molecule has 0 aromatic carbocycles. The molecule has 13 heteroatoms. The van der Waals surface area contributed by atoms with Gasteiger partial charge < -0.3 is 39.9 Å². The van der Waals surface area contributed by atoms with Gasteiger partial charge in [-0.15, -0.1) is 0 Å². The number of carbonyl (C=O) groups excluding carboxylic acids is 1. The van der Waals surface area contributed by atoms with Crippen LogP contribution in [-0.4, -0.2) is 98.9 Å². The Bertz CT molecular complexity index is 968. The van der Waals surface area contributed by atoms with Crippen molar-refractivity contribution < 1.29 is 58.3 Å². The van der Waals surface area contributed by atoms with Crippen LogP contribution in [0.4, 0.5) is 0 Å². The Morgan fingerprint density at radius 2 is 0.964 bits per heavy atom. The van der Waals surface area contributed by atoms with Crippen molar-refractivity contribution in [2.75, 3.05) is 19.8 Å². The molecule has 0 radical (unpaired) electrons. The number of aliphatic hydroxyl groups excluding tert-OH is 5. The molecular formula is C42H81O12P. The SMILES string of the molecule is CCCCCCCC/C=C\CCCCCCCCCCCCOCC(COP(=O)(O)OC1C(O)C(O)C(O)C(O)C1O)OC(=O)CCCCCCCCCC. The smallest absolute Gasteiger partial charge is 0.457 e. The Morgan fingerprint density at radius 3 is 1.44 bits per heavy atom. The first-order chi connectivity index (χ1) is 26.5. The molecule has 0 saturated heterocycles. The van der Waals surface area contributed by atoms with Gasteiger partial charge in [0.15, 0.2) is 0 Å². The molecule has 1 saturated carbocycles. The maximum absolute atomic E-state index is 12.7. The number of ether oxygens (including phenoxy) is 2. The topological polar surface area (TPSA) is 192 Å². The second-order valence-electron chi connectivity index (χ2n) is 15.6. The van der Waals surface area contributed by atoms with Crippen LogP contribution >= 0.6 is 7.82 Å². The van der Waals surface area contributed by atoms with Crippen LogP contribution in [0.2, 0.25) is 0 Å². The second-order valence-corrected chi connectivity index (χ2v) is 17.0. The quantitative estimate of drug-likeness (QED) is 0.0152. The number of esters is 1. The van der Waals surface area contributed by atoms with Gasteiger partial charge in [-0.05, 0) is 38.5 Å². The van der Waals surface area contributed by atoms with Gasteiger partial charge in [0, 0.05) is 13.0 Å². The first-order valence-electron chi connectivity index (χ1n) is 22.0. The molecule has 6 unspecified atom stereocenters. The number of phosphoric ester groups is 1. The van der Waals surface area contributed by atoms with Gasteiger partial charge in [-0.1, -0.05) is 154 Å². The number of aliphatic hydroxyl groups is 5. The minimum absolute atomic E-state index is 0.0730. The third-order valence-electron chi connectivity index (χ3n) is 10.4. The van der Waals surface area contributed by atoms with Crippen LogP contribution in [0, 0.1) is 0 Å². The molecule has 326 valence electrons. The number of unbranched alkanes of at least 4 members (excludes halogenated alkanes) is 23. The zero-order valence-corrected chi connectivity index (χ0v) is 35.4. The van der Waals surface area contributed by atoms with Crippen LogP contribution in [0.1, 0.15) is 187 Å². The number of carbonyl (C=O) groups is 1. The zero-order valence-electron chi connectivity index (χ0n) is 34.5. The van der Waals surface area contributed by atoms with E-state index < -0.39 is 63.1 Å². The summed E-state index contributed by atoms with van der Waals surface area (Å²) in [6.45, 7) is 4.21. The van der Waals surface area contributed by atoms with Crippen LogP contribution in [0.15, 0.2) is 12.2 Å². The first-order valence-corrected chi connectivity index (χ1v) is 23.5. The van der Waals surface area contributed by atoms with Crippen molar-refractivity contribution in [3.63, 3.8) is 0 Å². The van der Waals surface area contributed by atoms with Crippen LogP contribution in [-0.2, 0) is 27.9 Å². The number of rotatable bonds is 37. The molecule has 1 aliphatic carbocycles. The summed E-state index contributed by atoms with van der Waals surface area (Å²) in [7, 11) is -5.00. The van der Waals surface area contributed by atoms with E-state index in [0.717, 1.165) is 38.5 Å². The van der Waals surface area contributed by atoms with E-state index in [1.165, 1.54) is 122 Å². The average Bonchev–Trinajstić information content (AvgIpc) is 3.17. The number of hydrogen-bond acceptors (Lipinski definition) is 11. The molecule has 1 aliphatic rings. The highest BCUT2D eigenvalue weighted by Crippen LogP contribution is 2.47. The van der Waals surface area contributed by atoms with Gasteiger partial charge in [0.1, 0.15) is 42.7 Å². The van der Waals surface area contributed by atoms with E-state index in [0.29, 0.717) is 13.0 Å². The van der Waals surface area contributed by atoms with Gasteiger partial charge in [-0.2, -0.15) is 0 Å². The summed E-state index contributed by atoms with van der Waals surface area (Å²) in [5.74, 6) is -0.481. The summed E-state index contributed by atoms with van der Waals surface area (Å²) < 4.78 is 34.0. The molecule has 1 rings (SSSR count). The maximum atomic E-state index is 12.7. The molecule has 6 atom stereocenters. The third kappa shape index (κ3) is 26.7. The van der Waals surface area contributed by atoms with Gasteiger partial charge >= 0.3 is 13.8 Å². The molecule has 1 fully saturated rings. The van der Waals surface area contributed by atoms with E-state index in [1.807, 2.05) is 0 Å². The Balaban J connectivity index is 2.32. The number of hydrogen-bond donors (Lipinski definition) is 6. The minimum Gasteiger partial charge on any atom is -0.457 e. The van der Waals surface area contributed by atoms with Crippen molar-refractivity contribution in [2.24, 2.45) is 0 Å². The van der Waals surface area contributed by atoms with Crippen molar-refractivity contribution in [2.45, 2.75) is 230 Å². The third-order valence-corrected chi connectivity index (χ3v) is 11.4. The zero-order chi connectivity index (χ0) is 40.6. The Hall–Kier alpha value is -0.920. The van der Waals surface area contributed by atoms with Crippen molar-refractivity contribution in [1.82, 2.24) is 0 Å². The van der Waals surface area contributed by atoms with Crippen LogP contribution in [0.25, 0.3) is 0 Å². The van der Waals surface area contributed by atoms with Gasteiger partial charge in [-0.3, -0.25) is 13.8 Å². The molecule has 0 aromatic heterocycles. The van der Waals surface area contributed by atoms with Crippen molar-refractivity contribution >= 4 is 13.8 Å². The second kappa shape index (κ2) is 34.0. The van der Waals surface area contributed by atoms with Crippen LogP contribution in [0.5, 0.6) is 0 Å². The Labute approximate surface area is 333 Å². The molecule has 12 nitrogen and oxygen atoms in total. The fourth-order valence-corrected chi connectivity index (χ4v) is 7.79. The predicted molar refractivity (Wildman–Crippen MR) is 217 cm³/mol. The molecule has 0 spiro atoms. The fourth-order valence-electron chi connectivity index (χ4n) is 6.82. The highest BCUT2D eigenvalue weighted by Gasteiger charge is 2.51. The number of allylic oxidation sites excluding steroid dienone is 2. The summed E-state index contributed by atoms with van der Waals surface area (Å²) in [5, 5.41) is 50.0. The van der Waals surface area contributed by atoms with Crippen molar-refractivity contribution in [1.29, 1.82) is 0 Å². The first kappa shape index (κ1) is 52.1. The van der Waals surface area contributed by atoms with E-state index in [-0.39, 0.29) is 13.0 Å². The summed E-state index contributed by atoms with van der Waals surface area (Å²) in [5.41, 5.74) is 0. The van der Waals surface area contributed by atoms with E-state index >= 15 is 0 Å². The van der Waals surface area contributed by atoms with E-state index in [2.05, 4.69) is 26.0 Å². The fraction of sp³-hybridized carbons (Fsp3) is 0.929. The highest BCUT2D eigenvalue weighted by molar-refractivity contribution is 7.47. The summed E-state index contributed by atoms with van der Waals surface area (Å²) in [6.07, 6.45) is 23.1. The lowest BCUT2D eigenvalue weighted by atomic mass is 9.85. The van der Waals surface area contributed by atoms with E-state index in [9.17, 15) is 39.8 Å². The average molecular weight is 809 g/mol. The molecule has 0 heterocycles. The Kier molecular flexibility index (Phi) is 32.2. The lowest BCUT2D eigenvalue weighted by molar-refractivity contribution is -0.220. The van der Waals surface area contributed by atoms with Crippen LogP contribution < -0.4 is 0 Å². The van der Waals surface area contributed by atoms with E-state index in [4.69, 9.17) is 18.5 Å². The van der Waals surface area contributed by atoms with Crippen molar-refractivity contribution in [3.05, 3.63) is 12.2 Å². The maximum Gasteiger partial charge on any atom is 0.472 e. The largest absolute Gasteiger partial charge is 0.472 e. The lowest BCUT2D eigenvalue weighted by Gasteiger charge is -2.41. The van der Waals surface area contributed by atoms with Crippen molar-refractivity contribution in [3.8, 4) is 0 Å². The molecule has 6 N–H and O–H groups in total. The Morgan fingerprint density at radius 1 is 0.564 bits per heavy atom. The molecule has 0 amide bonds. The molecule has 0 bridgehead atoms. The predicted octanol–water partition coefficient (Wildman–Crippen LogP) is 8.36. The monoisotopic (exact) mass is 809 g/mol. The standard InChI is InChI=1S/C42H81O12P/c1-3-5-7-9-11-13-14-15-16-17-18-19-20-21-22-23-24-26-28-30-32-51-33-35(53-36(43)31-29-27-25-12-10-8-6-4-2)34-52-55(49,50)54-42-40(47)38(45)37(44)39(46)41(42)48/h15-16,35,37-42,44-48H,3-14,17-34H2,1-2H3,(H,49,50)/b16-15-. The molecule has 55 heavy (non-hydrogen) atoms. The van der Waals surface area contributed by atoms with Gasteiger partial charge in [-0.25, -0.2) is 4.57 Å². The summed E-state index contributed by atoms with van der Waals surface area (Å²) in [6, 6.07) is 0. The summed E-state index contributed by atoms with van der Waals surface area (Å²) in [4.78, 5) is 23.0. The molecule has 0 aromatic rings. The lowest BCUT2D eigenvalue weighted by Crippen LogP contribution is -2.64. The van der Waals surface area contributed by atoms with Gasteiger partial charge in [0.05, 0.1) is 13.2 Å². The van der Waals surface area contributed by atoms with E-state index in [1.54, 1.807) is 0 Å². The minimum atomic E-state index is -5.00. The molecular weight excluding hydrogens is 727 g/mol. The van der Waals surface area contributed by atoms with Gasteiger partial charge in [0.2, 0.25) is 0 Å². The summed E-state index contributed by atoms with van der Waals surface area (Å²) >= 11 is 0. The number of phosphoric acid groups is 1.